The first-order valence-corrected chi connectivity index (χ1v) is 6.50. The van der Waals surface area contributed by atoms with E-state index in [4.69, 9.17) is 12.2 Å². The van der Waals surface area contributed by atoms with Gasteiger partial charge in [0.05, 0.1) is 0 Å². The third kappa shape index (κ3) is 2.83. The van der Waals surface area contributed by atoms with Gasteiger partial charge in [0.1, 0.15) is 5.57 Å². The van der Waals surface area contributed by atoms with E-state index in [1.807, 2.05) is 31.2 Å². The average molecular weight is 286 g/mol. The molecular weight excluding hydrogens is 272 g/mol. The van der Waals surface area contributed by atoms with Crippen molar-refractivity contribution in [2.24, 2.45) is 0 Å². The van der Waals surface area contributed by atoms with Crippen LogP contribution in [0, 0.1) is 6.92 Å². The van der Waals surface area contributed by atoms with E-state index in [-0.39, 0.29) is 17.2 Å². The van der Waals surface area contributed by atoms with Crippen LogP contribution in [0.25, 0.3) is 6.08 Å². The molecule has 0 spiro atoms. The van der Waals surface area contributed by atoms with Crippen LogP contribution in [0.3, 0.4) is 0 Å². The van der Waals surface area contributed by atoms with Crippen molar-refractivity contribution in [2.75, 3.05) is 6.54 Å². The Labute approximate surface area is 122 Å². The molecule has 1 aliphatic rings. The molecule has 0 aromatic heterocycles. The van der Waals surface area contributed by atoms with Gasteiger partial charge in [-0.1, -0.05) is 35.9 Å². The van der Waals surface area contributed by atoms with E-state index in [0.29, 0.717) is 0 Å². The van der Waals surface area contributed by atoms with E-state index in [2.05, 4.69) is 11.9 Å². The van der Waals surface area contributed by atoms with E-state index in [9.17, 15) is 9.59 Å². The second-order valence-electron chi connectivity index (χ2n) is 4.44. The van der Waals surface area contributed by atoms with Crippen molar-refractivity contribution in [3.05, 3.63) is 53.6 Å². The minimum atomic E-state index is -0.471. The monoisotopic (exact) mass is 286 g/mol. The Morgan fingerprint density at radius 1 is 1.40 bits per heavy atom. The van der Waals surface area contributed by atoms with E-state index in [0.717, 1.165) is 11.1 Å². The van der Waals surface area contributed by atoms with Crippen LogP contribution in [0.4, 0.5) is 0 Å². The van der Waals surface area contributed by atoms with Crippen molar-refractivity contribution in [3.63, 3.8) is 0 Å². The number of hydrogen-bond donors (Lipinski definition) is 1. The zero-order chi connectivity index (χ0) is 14.7. The molecule has 4 nitrogen and oxygen atoms in total. The van der Waals surface area contributed by atoms with E-state index >= 15 is 0 Å². The predicted molar refractivity (Wildman–Crippen MR) is 81.8 cm³/mol. The summed E-state index contributed by atoms with van der Waals surface area (Å²) in [6, 6.07) is 7.56. The highest BCUT2D eigenvalue weighted by atomic mass is 32.1. The molecule has 102 valence electrons. The number of amides is 2. The predicted octanol–water partition coefficient (Wildman–Crippen LogP) is 1.81. The van der Waals surface area contributed by atoms with E-state index in [1.165, 1.54) is 4.90 Å². The van der Waals surface area contributed by atoms with E-state index < -0.39 is 11.8 Å². The molecule has 1 aromatic rings. The first kappa shape index (κ1) is 14.1. The largest absolute Gasteiger partial charge is 0.298 e. The van der Waals surface area contributed by atoms with Gasteiger partial charge in [-0.3, -0.25) is 19.8 Å². The Kier molecular flexibility index (Phi) is 4.10. The maximum Gasteiger partial charge on any atom is 0.265 e. The molecule has 2 rings (SSSR count). The standard InChI is InChI=1S/C15H14N2O2S/c1-3-7-17-14(19)12(13(18)16-15(17)20)9-11-6-4-5-10(2)8-11/h3-6,8-9H,1,7H2,2H3,(H,16,18,20). The SMILES string of the molecule is C=CCN1C(=O)C(=Cc2cccc(C)c2)C(=O)NC1=S. The third-order valence-corrected chi connectivity index (χ3v) is 3.17. The highest BCUT2D eigenvalue weighted by Crippen LogP contribution is 2.15. The number of benzene rings is 1. The van der Waals surface area contributed by atoms with Crippen LogP contribution in [-0.2, 0) is 9.59 Å². The summed E-state index contributed by atoms with van der Waals surface area (Å²) in [7, 11) is 0. The topological polar surface area (TPSA) is 49.4 Å². The number of thiocarbonyl (C=S) groups is 1. The first-order chi connectivity index (χ1) is 9.52. The summed E-state index contributed by atoms with van der Waals surface area (Å²) in [6.07, 6.45) is 3.13. The van der Waals surface area contributed by atoms with Crippen LogP contribution in [0.1, 0.15) is 11.1 Å². The maximum atomic E-state index is 12.3. The Morgan fingerprint density at radius 3 is 2.80 bits per heavy atom. The van der Waals surface area contributed by atoms with Gasteiger partial charge in [0.25, 0.3) is 11.8 Å². The molecule has 5 heteroatoms. The molecular formula is C15H14N2O2S. The number of hydrogen-bond acceptors (Lipinski definition) is 3. The summed E-state index contributed by atoms with van der Waals surface area (Å²) in [4.78, 5) is 25.5. The van der Waals surface area contributed by atoms with Crippen molar-refractivity contribution in [3.8, 4) is 0 Å². The summed E-state index contributed by atoms with van der Waals surface area (Å²) in [5.41, 5.74) is 1.93. The van der Waals surface area contributed by atoms with Crippen LogP contribution in [0.5, 0.6) is 0 Å². The quantitative estimate of drug-likeness (QED) is 0.399. The summed E-state index contributed by atoms with van der Waals surface area (Å²) in [6.45, 7) is 5.79. The van der Waals surface area contributed by atoms with Crippen LogP contribution in [0.2, 0.25) is 0 Å². The number of nitrogens with zero attached hydrogens (tertiary/aromatic N) is 1. The van der Waals surface area contributed by atoms with Gasteiger partial charge in [0.2, 0.25) is 0 Å². The van der Waals surface area contributed by atoms with Gasteiger partial charge in [0.15, 0.2) is 5.11 Å². The summed E-state index contributed by atoms with van der Waals surface area (Å²) in [5, 5.41) is 2.62. The van der Waals surface area contributed by atoms with Gasteiger partial charge in [0, 0.05) is 6.54 Å². The van der Waals surface area contributed by atoms with Gasteiger partial charge in [-0.25, -0.2) is 0 Å². The Hall–Kier alpha value is -2.27. The van der Waals surface area contributed by atoms with Crippen molar-refractivity contribution in [1.29, 1.82) is 0 Å². The van der Waals surface area contributed by atoms with Crippen molar-refractivity contribution < 1.29 is 9.59 Å². The fourth-order valence-electron chi connectivity index (χ4n) is 1.92. The smallest absolute Gasteiger partial charge is 0.265 e. The lowest BCUT2D eigenvalue weighted by Gasteiger charge is -2.27. The third-order valence-electron chi connectivity index (χ3n) is 2.85. The molecule has 1 aliphatic heterocycles. The van der Waals surface area contributed by atoms with Gasteiger partial charge >= 0.3 is 0 Å². The molecule has 1 N–H and O–H groups in total. The first-order valence-electron chi connectivity index (χ1n) is 6.09. The summed E-state index contributed by atoms with van der Waals surface area (Å²) < 4.78 is 0. The van der Waals surface area contributed by atoms with Crippen molar-refractivity contribution >= 4 is 35.2 Å². The number of rotatable bonds is 3. The van der Waals surface area contributed by atoms with Crippen LogP contribution >= 0.6 is 12.2 Å². The number of carbonyl (C=O) groups excluding carboxylic acids is 2. The second-order valence-corrected chi connectivity index (χ2v) is 4.82. The molecule has 0 unspecified atom stereocenters. The second kappa shape index (κ2) is 5.79. The maximum absolute atomic E-state index is 12.3. The van der Waals surface area contributed by atoms with Gasteiger partial charge in [-0.15, -0.1) is 6.58 Å². The minimum Gasteiger partial charge on any atom is -0.298 e. The molecule has 0 radical (unpaired) electrons. The minimum absolute atomic E-state index is 0.0750. The molecule has 1 heterocycles. The Morgan fingerprint density at radius 2 is 2.15 bits per heavy atom. The van der Waals surface area contributed by atoms with Crippen LogP contribution in [-0.4, -0.2) is 28.4 Å². The molecule has 1 saturated heterocycles. The van der Waals surface area contributed by atoms with Crippen molar-refractivity contribution in [1.82, 2.24) is 10.2 Å². The number of aryl methyl sites for hydroxylation is 1. The molecule has 0 atom stereocenters. The lowest BCUT2D eigenvalue weighted by atomic mass is 10.1. The van der Waals surface area contributed by atoms with Gasteiger partial charge in [-0.05, 0) is 30.8 Å². The van der Waals surface area contributed by atoms with Crippen LogP contribution in [0.15, 0.2) is 42.5 Å². The van der Waals surface area contributed by atoms with Gasteiger partial charge < -0.3 is 0 Å². The highest BCUT2D eigenvalue weighted by molar-refractivity contribution is 7.80. The molecule has 0 aliphatic carbocycles. The number of carbonyl (C=O) groups is 2. The molecule has 1 aromatic carbocycles. The average Bonchev–Trinajstić information content (AvgIpc) is 2.39. The van der Waals surface area contributed by atoms with Crippen molar-refractivity contribution in [2.45, 2.75) is 6.92 Å². The summed E-state index contributed by atoms with van der Waals surface area (Å²) >= 11 is 4.98. The zero-order valence-corrected chi connectivity index (χ0v) is 11.9. The lowest BCUT2D eigenvalue weighted by Crippen LogP contribution is -2.53. The zero-order valence-electron chi connectivity index (χ0n) is 11.1. The highest BCUT2D eigenvalue weighted by Gasteiger charge is 2.32. The fraction of sp³-hybridized carbons (Fsp3) is 0.133. The van der Waals surface area contributed by atoms with E-state index in [1.54, 1.807) is 12.2 Å². The fourth-order valence-corrected chi connectivity index (χ4v) is 2.17. The van der Waals surface area contributed by atoms with Crippen LogP contribution < -0.4 is 5.32 Å². The Bertz CT molecular complexity index is 635. The molecule has 0 saturated carbocycles. The molecule has 2 amide bonds. The summed E-state index contributed by atoms with van der Waals surface area (Å²) in [5.74, 6) is -0.873. The van der Waals surface area contributed by atoms with Gasteiger partial charge in [-0.2, -0.15) is 0 Å². The normalized spacial score (nSPS) is 17.4. The molecule has 0 bridgehead atoms. The number of nitrogens with one attached hydrogen (secondary N) is 1. The molecule has 1 fully saturated rings. The molecule has 20 heavy (non-hydrogen) atoms. The lowest BCUT2D eigenvalue weighted by molar-refractivity contribution is -0.128. The Balaban J connectivity index is 2.38.